The van der Waals surface area contributed by atoms with E-state index in [9.17, 15) is 0 Å². The lowest BCUT2D eigenvalue weighted by molar-refractivity contribution is 0.660. The first kappa shape index (κ1) is 31.5. The first-order chi connectivity index (χ1) is 25.6. The van der Waals surface area contributed by atoms with Crippen LogP contribution < -0.4 is 4.90 Å². The molecule has 0 atom stereocenters. The SMILES string of the molecule is CC1(C)c2ccccc2-c2c(N(c3ccc(-c4ccccc4)cc3)c3cccc(-c4ccccc4)c3-c3ccc(-c4ccccc4)cc3)cccc21. The maximum absolute atomic E-state index is 2.50. The minimum absolute atomic E-state index is 0.118. The third-order valence-corrected chi connectivity index (χ3v) is 10.7. The molecule has 52 heavy (non-hydrogen) atoms. The second-order valence-electron chi connectivity index (χ2n) is 14.1. The number of fused-ring (bicyclic) bond motifs is 3. The molecule has 0 bridgehead atoms. The van der Waals surface area contributed by atoms with E-state index in [1.807, 2.05) is 0 Å². The molecule has 0 radical (unpaired) electrons. The summed E-state index contributed by atoms with van der Waals surface area (Å²) in [7, 11) is 0. The van der Waals surface area contributed by atoms with Gasteiger partial charge in [-0.1, -0.05) is 190 Å². The number of hydrogen-bond acceptors (Lipinski definition) is 1. The second kappa shape index (κ2) is 13.0. The number of nitrogens with zero attached hydrogens (tertiary/aromatic N) is 1. The van der Waals surface area contributed by atoms with Crippen molar-refractivity contribution >= 4 is 17.1 Å². The van der Waals surface area contributed by atoms with Crippen LogP contribution in [0.15, 0.2) is 200 Å². The minimum atomic E-state index is -0.118. The van der Waals surface area contributed by atoms with Crippen LogP contribution in [0, 0.1) is 0 Å². The highest BCUT2D eigenvalue weighted by atomic mass is 15.1. The van der Waals surface area contributed by atoms with Crippen molar-refractivity contribution in [3.8, 4) is 55.6 Å². The van der Waals surface area contributed by atoms with Gasteiger partial charge in [0.05, 0.1) is 11.4 Å². The summed E-state index contributed by atoms with van der Waals surface area (Å²) in [6.45, 7) is 4.71. The normalized spacial score (nSPS) is 12.6. The molecule has 8 aromatic carbocycles. The highest BCUT2D eigenvalue weighted by Gasteiger charge is 2.38. The van der Waals surface area contributed by atoms with Crippen LogP contribution in [0.25, 0.3) is 55.6 Å². The van der Waals surface area contributed by atoms with Gasteiger partial charge in [-0.15, -0.1) is 0 Å². The Hall–Kier alpha value is -6.44. The van der Waals surface area contributed by atoms with Crippen molar-refractivity contribution in [3.63, 3.8) is 0 Å². The molecule has 0 spiro atoms. The maximum Gasteiger partial charge on any atom is 0.0546 e. The van der Waals surface area contributed by atoms with Crippen molar-refractivity contribution in [2.75, 3.05) is 4.90 Å². The van der Waals surface area contributed by atoms with Crippen molar-refractivity contribution in [2.45, 2.75) is 19.3 Å². The minimum Gasteiger partial charge on any atom is -0.309 e. The van der Waals surface area contributed by atoms with E-state index in [2.05, 4.69) is 219 Å². The van der Waals surface area contributed by atoms with Crippen LogP contribution in [-0.2, 0) is 5.41 Å². The van der Waals surface area contributed by atoms with E-state index in [1.165, 1.54) is 72.4 Å². The van der Waals surface area contributed by atoms with Gasteiger partial charge in [0.2, 0.25) is 0 Å². The molecular formula is C51H39N. The molecule has 1 nitrogen and oxygen atoms in total. The van der Waals surface area contributed by atoms with Crippen LogP contribution in [-0.4, -0.2) is 0 Å². The van der Waals surface area contributed by atoms with Crippen LogP contribution in [0.2, 0.25) is 0 Å². The molecule has 1 aliphatic rings. The third kappa shape index (κ3) is 5.43. The van der Waals surface area contributed by atoms with E-state index >= 15 is 0 Å². The molecule has 0 heterocycles. The van der Waals surface area contributed by atoms with Crippen molar-refractivity contribution in [1.29, 1.82) is 0 Å². The average Bonchev–Trinajstić information content (AvgIpc) is 3.45. The quantitative estimate of drug-likeness (QED) is 0.164. The van der Waals surface area contributed by atoms with E-state index in [0.29, 0.717) is 0 Å². The fourth-order valence-corrected chi connectivity index (χ4v) is 8.11. The Morgan fingerprint density at radius 1 is 0.308 bits per heavy atom. The summed E-state index contributed by atoms with van der Waals surface area (Å²) in [5, 5.41) is 0. The van der Waals surface area contributed by atoms with Gasteiger partial charge in [0.1, 0.15) is 0 Å². The molecule has 0 N–H and O–H groups in total. The summed E-state index contributed by atoms with van der Waals surface area (Å²) < 4.78 is 0. The molecule has 0 amide bonds. The van der Waals surface area contributed by atoms with Gasteiger partial charge < -0.3 is 4.90 Å². The van der Waals surface area contributed by atoms with E-state index in [4.69, 9.17) is 0 Å². The average molecular weight is 666 g/mol. The first-order valence-electron chi connectivity index (χ1n) is 18.1. The van der Waals surface area contributed by atoms with Crippen LogP contribution >= 0.6 is 0 Å². The van der Waals surface area contributed by atoms with Crippen LogP contribution in [0.1, 0.15) is 25.0 Å². The molecule has 1 aliphatic carbocycles. The maximum atomic E-state index is 2.50. The fraction of sp³-hybridized carbons (Fsp3) is 0.0588. The summed E-state index contributed by atoms with van der Waals surface area (Å²) >= 11 is 0. The molecule has 1 heteroatoms. The number of anilines is 3. The lowest BCUT2D eigenvalue weighted by Crippen LogP contribution is -2.16. The predicted molar refractivity (Wildman–Crippen MR) is 220 cm³/mol. The van der Waals surface area contributed by atoms with Gasteiger partial charge in [0.25, 0.3) is 0 Å². The Labute approximate surface area is 307 Å². The summed E-state index contributed by atoms with van der Waals surface area (Å²) in [5.74, 6) is 0. The highest BCUT2D eigenvalue weighted by Crippen LogP contribution is 2.55. The third-order valence-electron chi connectivity index (χ3n) is 10.7. The highest BCUT2D eigenvalue weighted by molar-refractivity contribution is 6.01. The zero-order valence-corrected chi connectivity index (χ0v) is 29.5. The van der Waals surface area contributed by atoms with Crippen molar-refractivity contribution in [1.82, 2.24) is 0 Å². The van der Waals surface area contributed by atoms with Gasteiger partial charge in [0.15, 0.2) is 0 Å². The van der Waals surface area contributed by atoms with Gasteiger partial charge in [-0.3, -0.25) is 0 Å². The molecule has 0 saturated heterocycles. The Kier molecular flexibility index (Phi) is 7.90. The van der Waals surface area contributed by atoms with Gasteiger partial charge in [0, 0.05) is 22.2 Å². The van der Waals surface area contributed by atoms with Gasteiger partial charge >= 0.3 is 0 Å². The molecular weight excluding hydrogens is 627 g/mol. The van der Waals surface area contributed by atoms with E-state index in [-0.39, 0.29) is 5.41 Å². The largest absolute Gasteiger partial charge is 0.309 e. The van der Waals surface area contributed by atoms with E-state index in [0.717, 1.165) is 11.4 Å². The Morgan fingerprint density at radius 2 is 0.731 bits per heavy atom. The summed E-state index contributed by atoms with van der Waals surface area (Å²) in [6.07, 6.45) is 0. The van der Waals surface area contributed by atoms with Gasteiger partial charge in [-0.25, -0.2) is 0 Å². The Balaban J connectivity index is 1.31. The van der Waals surface area contributed by atoms with Crippen LogP contribution in [0.3, 0.4) is 0 Å². The topological polar surface area (TPSA) is 3.24 Å². The summed E-state index contributed by atoms with van der Waals surface area (Å²) in [5.41, 5.74) is 18.2. The van der Waals surface area contributed by atoms with Gasteiger partial charge in [-0.2, -0.15) is 0 Å². The van der Waals surface area contributed by atoms with Crippen molar-refractivity contribution < 1.29 is 0 Å². The summed E-state index contributed by atoms with van der Waals surface area (Å²) in [6, 6.07) is 72.8. The zero-order chi connectivity index (χ0) is 35.1. The Morgan fingerprint density at radius 3 is 1.35 bits per heavy atom. The van der Waals surface area contributed by atoms with Gasteiger partial charge in [-0.05, 0) is 79.9 Å². The first-order valence-corrected chi connectivity index (χ1v) is 18.1. The molecule has 0 unspecified atom stereocenters. The lowest BCUT2D eigenvalue weighted by atomic mass is 9.82. The molecule has 8 aromatic rings. The lowest BCUT2D eigenvalue weighted by Gasteiger charge is -2.31. The van der Waals surface area contributed by atoms with Crippen molar-refractivity contribution in [3.05, 3.63) is 211 Å². The molecule has 0 aliphatic heterocycles. The smallest absolute Gasteiger partial charge is 0.0546 e. The van der Waals surface area contributed by atoms with Crippen LogP contribution in [0.4, 0.5) is 17.1 Å². The monoisotopic (exact) mass is 665 g/mol. The number of hydrogen-bond donors (Lipinski definition) is 0. The van der Waals surface area contributed by atoms with E-state index < -0.39 is 0 Å². The predicted octanol–water partition coefficient (Wildman–Crippen LogP) is 14.1. The molecule has 0 saturated carbocycles. The number of benzene rings is 8. The zero-order valence-electron chi connectivity index (χ0n) is 29.5. The number of rotatable bonds is 7. The summed E-state index contributed by atoms with van der Waals surface area (Å²) in [4.78, 5) is 2.50. The second-order valence-corrected chi connectivity index (χ2v) is 14.1. The van der Waals surface area contributed by atoms with Crippen LogP contribution in [0.5, 0.6) is 0 Å². The molecule has 9 rings (SSSR count). The Bertz CT molecular complexity index is 2500. The standard InChI is InChI=1S/C51H39N/c1-51(2)45-24-13-12-22-44(45)50-46(51)25-15-27-48(50)52(42-34-32-39(33-35-42)37-18-8-4-9-19-37)47-26-14-23-43(40-20-10-5-11-21-40)49(47)41-30-28-38(29-31-41)36-16-6-3-7-17-36/h3-35H,1-2H3. The molecule has 0 fully saturated rings. The van der Waals surface area contributed by atoms with E-state index in [1.54, 1.807) is 0 Å². The molecule has 248 valence electrons. The fourth-order valence-electron chi connectivity index (χ4n) is 8.11. The van der Waals surface area contributed by atoms with Crippen molar-refractivity contribution in [2.24, 2.45) is 0 Å². The molecule has 0 aromatic heterocycles.